The number of benzene rings is 2. The van der Waals surface area contributed by atoms with Crippen molar-refractivity contribution in [3.63, 3.8) is 0 Å². The van der Waals surface area contributed by atoms with Gasteiger partial charge in [0.25, 0.3) is 5.91 Å². The molecule has 0 spiro atoms. The Balaban J connectivity index is 2.29. The van der Waals surface area contributed by atoms with Crippen molar-refractivity contribution in [1.29, 1.82) is 0 Å². The van der Waals surface area contributed by atoms with Crippen LogP contribution in [-0.2, 0) is 0 Å². The highest BCUT2D eigenvalue weighted by atomic mass is 35.5. The Morgan fingerprint density at radius 3 is 2.38 bits per heavy atom. The Labute approximate surface area is 147 Å². The highest BCUT2D eigenvalue weighted by Gasteiger charge is 2.16. The first-order chi connectivity index (χ1) is 11.5. The Morgan fingerprint density at radius 2 is 1.75 bits per heavy atom. The molecule has 2 aromatic rings. The number of nitrogens with one attached hydrogen (secondary N) is 1. The van der Waals surface area contributed by atoms with Crippen LogP contribution >= 0.6 is 11.6 Å². The molecule has 5 heteroatoms. The quantitative estimate of drug-likeness (QED) is 0.799. The molecule has 0 saturated heterocycles. The monoisotopic (exact) mass is 347 g/mol. The number of hydrogen-bond acceptors (Lipinski definition) is 3. The van der Waals surface area contributed by atoms with Crippen LogP contribution in [0.25, 0.3) is 0 Å². The van der Waals surface area contributed by atoms with E-state index in [2.05, 4.69) is 5.32 Å². The van der Waals surface area contributed by atoms with Gasteiger partial charge >= 0.3 is 0 Å². The van der Waals surface area contributed by atoms with Crippen molar-refractivity contribution in [3.05, 3.63) is 52.0 Å². The number of halogens is 1. The molecule has 0 unspecified atom stereocenters. The predicted octanol–water partition coefficient (Wildman–Crippen LogP) is 5.01. The van der Waals surface area contributed by atoms with Crippen LogP contribution in [0.3, 0.4) is 0 Å². The standard InChI is InChI=1S/C19H22ClNO3/c1-5-23-17-11-14(10-16(20)18(17)24-6-2)19(22)21-15-8-7-12(3)13(4)9-15/h7-11H,5-6H2,1-4H3,(H,21,22). The summed E-state index contributed by atoms with van der Waals surface area (Å²) in [5.74, 6) is 0.685. The first-order valence-electron chi connectivity index (χ1n) is 7.94. The van der Waals surface area contributed by atoms with Crippen molar-refractivity contribution in [1.82, 2.24) is 0 Å². The molecule has 0 saturated carbocycles. The van der Waals surface area contributed by atoms with Crippen LogP contribution < -0.4 is 14.8 Å². The molecule has 0 aliphatic carbocycles. The van der Waals surface area contributed by atoms with Gasteiger partial charge in [-0.2, -0.15) is 0 Å². The fourth-order valence-corrected chi connectivity index (χ4v) is 2.53. The molecule has 0 atom stereocenters. The SMILES string of the molecule is CCOc1cc(C(=O)Nc2ccc(C)c(C)c2)cc(Cl)c1OCC. The summed E-state index contributed by atoms with van der Waals surface area (Å²) in [5, 5.41) is 3.23. The van der Waals surface area contributed by atoms with Crippen LogP contribution in [0.2, 0.25) is 5.02 Å². The summed E-state index contributed by atoms with van der Waals surface area (Å²) in [6.07, 6.45) is 0. The minimum Gasteiger partial charge on any atom is -0.490 e. The Kier molecular flexibility index (Phi) is 6.10. The summed E-state index contributed by atoms with van der Waals surface area (Å²) < 4.78 is 11.1. The van der Waals surface area contributed by atoms with Gasteiger partial charge in [-0.15, -0.1) is 0 Å². The van der Waals surface area contributed by atoms with E-state index in [4.69, 9.17) is 21.1 Å². The molecule has 1 N–H and O–H groups in total. The highest BCUT2D eigenvalue weighted by molar-refractivity contribution is 6.32. The van der Waals surface area contributed by atoms with E-state index in [1.807, 2.05) is 45.9 Å². The van der Waals surface area contributed by atoms with Gasteiger partial charge in [0.05, 0.1) is 18.2 Å². The molecule has 0 radical (unpaired) electrons. The van der Waals surface area contributed by atoms with Crippen LogP contribution in [0.4, 0.5) is 5.69 Å². The summed E-state index contributed by atoms with van der Waals surface area (Å²) in [6.45, 7) is 8.69. The molecule has 0 aliphatic heterocycles. The van der Waals surface area contributed by atoms with Gasteiger partial charge in [0, 0.05) is 11.3 Å². The number of rotatable bonds is 6. The van der Waals surface area contributed by atoms with Crippen LogP contribution in [0.15, 0.2) is 30.3 Å². The van der Waals surface area contributed by atoms with Crippen LogP contribution in [0, 0.1) is 13.8 Å². The second kappa shape index (κ2) is 8.06. The summed E-state index contributed by atoms with van der Waals surface area (Å²) in [4.78, 5) is 12.5. The minimum absolute atomic E-state index is 0.246. The third-order valence-corrected chi connectivity index (χ3v) is 3.91. The maximum absolute atomic E-state index is 12.5. The molecule has 24 heavy (non-hydrogen) atoms. The van der Waals surface area contributed by atoms with E-state index in [-0.39, 0.29) is 5.91 Å². The molecule has 0 aliphatic rings. The van der Waals surface area contributed by atoms with E-state index < -0.39 is 0 Å². The molecule has 2 aromatic carbocycles. The Bertz CT molecular complexity index is 744. The molecule has 128 valence electrons. The van der Waals surface area contributed by atoms with E-state index >= 15 is 0 Å². The van der Waals surface area contributed by atoms with Crippen molar-refractivity contribution in [2.75, 3.05) is 18.5 Å². The van der Waals surface area contributed by atoms with Crippen LogP contribution in [0.1, 0.15) is 35.3 Å². The maximum Gasteiger partial charge on any atom is 0.255 e. The molecular weight excluding hydrogens is 326 g/mol. The van der Waals surface area contributed by atoms with Crippen LogP contribution in [-0.4, -0.2) is 19.1 Å². The average Bonchev–Trinajstić information content (AvgIpc) is 2.54. The van der Waals surface area contributed by atoms with Gasteiger partial charge in [-0.3, -0.25) is 4.79 Å². The number of hydrogen-bond donors (Lipinski definition) is 1. The highest BCUT2D eigenvalue weighted by Crippen LogP contribution is 2.37. The number of amides is 1. The second-order valence-electron chi connectivity index (χ2n) is 5.40. The predicted molar refractivity (Wildman–Crippen MR) is 97.7 cm³/mol. The summed E-state index contributed by atoms with van der Waals surface area (Å²) >= 11 is 6.26. The molecule has 1 amide bonds. The van der Waals surface area contributed by atoms with Crippen molar-refractivity contribution in [3.8, 4) is 11.5 Å². The second-order valence-corrected chi connectivity index (χ2v) is 5.81. The van der Waals surface area contributed by atoms with Crippen molar-refractivity contribution < 1.29 is 14.3 Å². The maximum atomic E-state index is 12.5. The first kappa shape index (κ1) is 18.1. The van der Waals surface area contributed by atoms with E-state index in [1.165, 1.54) is 5.56 Å². The largest absolute Gasteiger partial charge is 0.490 e. The lowest BCUT2D eigenvalue weighted by molar-refractivity contribution is 0.102. The number of anilines is 1. The lowest BCUT2D eigenvalue weighted by atomic mass is 10.1. The molecule has 0 heterocycles. The molecular formula is C19H22ClNO3. The molecule has 4 nitrogen and oxygen atoms in total. The van der Waals surface area contributed by atoms with E-state index in [1.54, 1.807) is 12.1 Å². The fraction of sp³-hybridized carbons (Fsp3) is 0.316. The van der Waals surface area contributed by atoms with Gasteiger partial charge < -0.3 is 14.8 Å². The topological polar surface area (TPSA) is 47.6 Å². The zero-order chi connectivity index (χ0) is 17.7. The number of carbonyl (C=O) groups excluding carboxylic acids is 1. The molecule has 0 fully saturated rings. The van der Waals surface area contributed by atoms with Crippen molar-refractivity contribution >= 4 is 23.2 Å². The lowest BCUT2D eigenvalue weighted by Crippen LogP contribution is -2.13. The Hall–Kier alpha value is -2.20. The number of carbonyl (C=O) groups is 1. The van der Waals surface area contributed by atoms with E-state index in [0.717, 1.165) is 11.3 Å². The molecule has 2 rings (SSSR count). The van der Waals surface area contributed by atoms with E-state index in [9.17, 15) is 4.79 Å². The van der Waals surface area contributed by atoms with Gasteiger partial charge in [-0.05, 0) is 63.1 Å². The fourth-order valence-electron chi connectivity index (χ4n) is 2.27. The number of aryl methyl sites for hydroxylation is 2. The summed E-state index contributed by atoms with van der Waals surface area (Å²) in [5.41, 5.74) is 3.46. The normalized spacial score (nSPS) is 10.4. The zero-order valence-electron chi connectivity index (χ0n) is 14.4. The first-order valence-corrected chi connectivity index (χ1v) is 8.31. The van der Waals surface area contributed by atoms with Gasteiger partial charge in [0.1, 0.15) is 0 Å². The minimum atomic E-state index is -0.246. The van der Waals surface area contributed by atoms with E-state index in [0.29, 0.717) is 35.3 Å². The Morgan fingerprint density at radius 1 is 1.04 bits per heavy atom. The average molecular weight is 348 g/mol. The lowest BCUT2D eigenvalue weighted by Gasteiger charge is -2.14. The zero-order valence-corrected chi connectivity index (χ0v) is 15.2. The van der Waals surface area contributed by atoms with Gasteiger partial charge in [0.15, 0.2) is 11.5 Å². The smallest absolute Gasteiger partial charge is 0.255 e. The van der Waals surface area contributed by atoms with Crippen molar-refractivity contribution in [2.24, 2.45) is 0 Å². The summed E-state index contributed by atoms with van der Waals surface area (Å²) in [6, 6.07) is 9.02. The molecule has 0 bridgehead atoms. The third kappa shape index (κ3) is 4.20. The van der Waals surface area contributed by atoms with Crippen LogP contribution in [0.5, 0.6) is 11.5 Å². The van der Waals surface area contributed by atoms with Gasteiger partial charge in [-0.25, -0.2) is 0 Å². The third-order valence-electron chi connectivity index (χ3n) is 3.63. The van der Waals surface area contributed by atoms with Crippen molar-refractivity contribution in [2.45, 2.75) is 27.7 Å². The van der Waals surface area contributed by atoms with Gasteiger partial charge in [0.2, 0.25) is 0 Å². The van der Waals surface area contributed by atoms with Gasteiger partial charge in [-0.1, -0.05) is 17.7 Å². The summed E-state index contributed by atoms with van der Waals surface area (Å²) in [7, 11) is 0. The molecule has 0 aromatic heterocycles. The number of ether oxygens (including phenoxy) is 2.